The van der Waals surface area contributed by atoms with E-state index in [9.17, 15) is 10.2 Å². The van der Waals surface area contributed by atoms with Crippen LogP contribution in [0.3, 0.4) is 0 Å². The smallest absolute Gasteiger partial charge is 0.220 e. The first-order valence-electron chi connectivity index (χ1n) is 17.9. The van der Waals surface area contributed by atoms with Crippen LogP contribution in [0.15, 0.2) is 91.0 Å². The van der Waals surface area contributed by atoms with Crippen LogP contribution in [0.5, 0.6) is 0 Å². The Bertz CT molecular complexity index is 1520. The summed E-state index contributed by atoms with van der Waals surface area (Å²) in [4.78, 5) is 0. The fraction of sp³-hybridized carbons (Fsp3) is 0.550. The molecule has 3 aliphatic rings. The standard InChI is InChI=1S/C40H52O13/c1-39(44-4)40(2,45-5)53-34-32(52-39)30(22-42)49-37(43-3)36(34)51-38-35(48-25-28-19-13-8-14-20-28)33(47-24-27-17-11-7-12-18-27)31(29(21-41)50-38)46-23-26-15-9-6-10-16-26/h6-20,29-38,41-42H,21-25H2,1-5H3/t29-,30-,31-,32-,33+,34+,35-,36-,37+,38?,39-,40-/m1/s1. The molecule has 0 saturated carbocycles. The minimum absolute atomic E-state index is 0.191. The van der Waals surface area contributed by atoms with E-state index in [2.05, 4.69) is 0 Å². The van der Waals surface area contributed by atoms with E-state index in [4.69, 9.17) is 52.1 Å². The van der Waals surface area contributed by atoms with Gasteiger partial charge in [-0.25, -0.2) is 0 Å². The zero-order chi connectivity index (χ0) is 37.4. The quantitative estimate of drug-likeness (QED) is 0.221. The molecule has 0 bridgehead atoms. The fourth-order valence-corrected chi connectivity index (χ4v) is 6.99. The molecule has 6 rings (SSSR count). The molecule has 3 saturated heterocycles. The van der Waals surface area contributed by atoms with Gasteiger partial charge in [-0.05, 0) is 30.5 Å². The molecule has 0 spiro atoms. The SMILES string of the molecule is CO[C@H]1O[C@H](CO)[C@H]2O[C@@](C)(OC)[C@](C)(OC)O[C@@H]2[C@H]1OC1O[C@H](CO)[C@@H](OCc2ccccc2)[C@H](OCc2ccccc2)[C@H]1OCc1ccccc1. The number of aliphatic hydroxyl groups is 2. The highest BCUT2D eigenvalue weighted by atomic mass is 16.8. The Hall–Kier alpha value is -2.86. The Morgan fingerprint density at radius 2 is 0.962 bits per heavy atom. The lowest BCUT2D eigenvalue weighted by Crippen LogP contribution is -2.74. The van der Waals surface area contributed by atoms with Crippen molar-refractivity contribution in [3.8, 4) is 0 Å². The first-order chi connectivity index (χ1) is 25.8. The average Bonchev–Trinajstić information content (AvgIpc) is 3.20. The number of hydrogen-bond donors (Lipinski definition) is 2. The molecule has 13 nitrogen and oxygen atoms in total. The second-order valence-electron chi connectivity index (χ2n) is 13.5. The van der Waals surface area contributed by atoms with Crippen LogP contribution in [0.1, 0.15) is 30.5 Å². The van der Waals surface area contributed by atoms with Gasteiger partial charge in [-0.3, -0.25) is 0 Å². The van der Waals surface area contributed by atoms with Gasteiger partial charge in [-0.15, -0.1) is 0 Å². The third-order valence-electron chi connectivity index (χ3n) is 10.2. The number of fused-ring (bicyclic) bond motifs is 1. The number of ether oxygens (including phenoxy) is 11. The number of benzene rings is 3. The second kappa shape index (κ2) is 18.2. The van der Waals surface area contributed by atoms with Crippen molar-refractivity contribution in [1.82, 2.24) is 0 Å². The van der Waals surface area contributed by atoms with Crippen LogP contribution in [-0.4, -0.2) is 118 Å². The van der Waals surface area contributed by atoms with Crippen molar-refractivity contribution < 1.29 is 62.3 Å². The first kappa shape index (κ1) is 39.8. The molecular formula is C40H52O13. The molecule has 3 aliphatic heterocycles. The molecular weight excluding hydrogens is 688 g/mol. The van der Waals surface area contributed by atoms with Gasteiger partial charge in [0.05, 0.1) is 33.0 Å². The lowest BCUT2D eigenvalue weighted by molar-refractivity contribution is -0.486. The van der Waals surface area contributed by atoms with Gasteiger partial charge in [0.25, 0.3) is 0 Å². The molecule has 3 aromatic carbocycles. The number of aliphatic hydroxyl groups excluding tert-OH is 2. The molecule has 3 fully saturated rings. The second-order valence-corrected chi connectivity index (χ2v) is 13.5. The molecule has 2 N–H and O–H groups in total. The predicted molar refractivity (Wildman–Crippen MR) is 189 cm³/mol. The van der Waals surface area contributed by atoms with Gasteiger partial charge in [0.2, 0.25) is 11.6 Å². The van der Waals surface area contributed by atoms with E-state index in [-0.39, 0.29) is 19.8 Å². The predicted octanol–water partition coefficient (Wildman–Crippen LogP) is 3.72. The summed E-state index contributed by atoms with van der Waals surface area (Å²) in [6.45, 7) is 3.23. The summed E-state index contributed by atoms with van der Waals surface area (Å²) in [5.41, 5.74) is 2.79. The highest BCUT2D eigenvalue weighted by Crippen LogP contribution is 2.45. The highest BCUT2D eigenvalue weighted by molar-refractivity contribution is 5.16. The van der Waals surface area contributed by atoms with Crippen LogP contribution < -0.4 is 0 Å². The summed E-state index contributed by atoms with van der Waals surface area (Å²) in [6.07, 6.45) is -9.26. The van der Waals surface area contributed by atoms with Crippen molar-refractivity contribution in [3.05, 3.63) is 108 Å². The minimum Gasteiger partial charge on any atom is -0.394 e. The minimum atomic E-state index is -1.41. The molecule has 3 aromatic rings. The molecule has 0 radical (unpaired) electrons. The topological polar surface area (TPSA) is 142 Å². The van der Waals surface area contributed by atoms with Crippen LogP contribution in [0.2, 0.25) is 0 Å². The summed E-state index contributed by atoms with van der Waals surface area (Å²) in [6, 6.07) is 29.2. The average molecular weight is 741 g/mol. The number of methoxy groups -OCH3 is 3. The maximum absolute atomic E-state index is 10.8. The lowest BCUT2D eigenvalue weighted by atomic mass is 9.93. The third kappa shape index (κ3) is 8.84. The summed E-state index contributed by atoms with van der Waals surface area (Å²) in [7, 11) is 4.44. The summed E-state index contributed by atoms with van der Waals surface area (Å²) >= 11 is 0. The van der Waals surface area contributed by atoms with E-state index in [1.165, 1.54) is 21.3 Å². The van der Waals surface area contributed by atoms with Gasteiger partial charge in [0.1, 0.15) is 48.8 Å². The first-order valence-corrected chi connectivity index (χ1v) is 17.9. The Kier molecular flexibility index (Phi) is 13.7. The van der Waals surface area contributed by atoms with Gasteiger partial charge in [0.15, 0.2) is 12.6 Å². The molecule has 13 heteroatoms. The van der Waals surface area contributed by atoms with Crippen LogP contribution >= 0.6 is 0 Å². The van der Waals surface area contributed by atoms with Crippen LogP contribution in [0.25, 0.3) is 0 Å². The Balaban J connectivity index is 1.36. The van der Waals surface area contributed by atoms with Crippen molar-refractivity contribution in [2.24, 2.45) is 0 Å². The van der Waals surface area contributed by atoms with Crippen molar-refractivity contribution in [2.75, 3.05) is 34.5 Å². The van der Waals surface area contributed by atoms with Gasteiger partial charge >= 0.3 is 0 Å². The van der Waals surface area contributed by atoms with E-state index in [0.717, 1.165) is 16.7 Å². The number of rotatable bonds is 16. The zero-order valence-electron chi connectivity index (χ0n) is 30.9. The summed E-state index contributed by atoms with van der Waals surface area (Å²) in [5, 5.41) is 21.2. The van der Waals surface area contributed by atoms with Crippen LogP contribution in [0, 0.1) is 0 Å². The lowest BCUT2D eigenvalue weighted by Gasteiger charge is -2.57. The van der Waals surface area contributed by atoms with E-state index in [1.807, 2.05) is 91.0 Å². The van der Waals surface area contributed by atoms with Gasteiger partial charge in [-0.2, -0.15) is 0 Å². The molecule has 1 unspecified atom stereocenters. The Labute approximate surface area is 310 Å². The van der Waals surface area contributed by atoms with E-state index in [0.29, 0.717) is 0 Å². The fourth-order valence-electron chi connectivity index (χ4n) is 6.99. The molecule has 12 atom stereocenters. The van der Waals surface area contributed by atoms with Gasteiger partial charge < -0.3 is 62.3 Å². The van der Waals surface area contributed by atoms with Crippen LogP contribution in [-0.2, 0) is 71.9 Å². The van der Waals surface area contributed by atoms with E-state index in [1.54, 1.807) is 13.8 Å². The maximum Gasteiger partial charge on any atom is 0.220 e. The van der Waals surface area contributed by atoms with Crippen molar-refractivity contribution in [1.29, 1.82) is 0 Å². The molecule has 3 heterocycles. The molecule has 0 aromatic heterocycles. The maximum atomic E-state index is 10.8. The van der Waals surface area contributed by atoms with Crippen molar-refractivity contribution in [2.45, 2.75) is 107 Å². The van der Waals surface area contributed by atoms with E-state index >= 15 is 0 Å². The van der Waals surface area contributed by atoms with Gasteiger partial charge in [-0.1, -0.05) is 91.0 Å². The Morgan fingerprint density at radius 3 is 1.42 bits per heavy atom. The molecule has 0 amide bonds. The molecule has 290 valence electrons. The van der Waals surface area contributed by atoms with Crippen molar-refractivity contribution >= 4 is 0 Å². The number of hydrogen-bond acceptors (Lipinski definition) is 13. The highest BCUT2D eigenvalue weighted by Gasteiger charge is 2.63. The molecule has 53 heavy (non-hydrogen) atoms. The summed E-state index contributed by atoms with van der Waals surface area (Å²) < 4.78 is 70.0. The normalized spacial score (nSPS) is 35.8. The third-order valence-corrected chi connectivity index (χ3v) is 10.2. The summed E-state index contributed by atoms with van der Waals surface area (Å²) in [5.74, 6) is -2.80. The van der Waals surface area contributed by atoms with Crippen LogP contribution in [0.4, 0.5) is 0 Å². The van der Waals surface area contributed by atoms with Crippen molar-refractivity contribution in [3.63, 3.8) is 0 Å². The van der Waals surface area contributed by atoms with E-state index < -0.39 is 86.2 Å². The largest absolute Gasteiger partial charge is 0.394 e. The molecule has 0 aliphatic carbocycles. The van der Waals surface area contributed by atoms with Gasteiger partial charge in [0, 0.05) is 21.3 Å². The monoisotopic (exact) mass is 740 g/mol. The Morgan fingerprint density at radius 1 is 0.528 bits per heavy atom. The zero-order valence-corrected chi connectivity index (χ0v) is 30.9.